The summed E-state index contributed by atoms with van der Waals surface area (Å²) in [5, 5.41) is 2.69. The number of methoxy groups -OCH3 is 2. The second kappa shape index (κ2) is 9.78. The second-order valence-corrected chi connectivity index (χ2v) is 7.63. The van der Waals surface area contributed by atoms with E-state index in [2.05, 4.69) is 10.2 Å². The van der Waals surface area contributed by atoms with Crippen LogP contribution in [-0.2, 0) is 11.3 Å². The number of amides is 2. The van der Waals surface area contributed by atoms with E-state index < -0.39 is 0 Å². The molecule has 2 amide bonds. The number of carbonyl (C=O) groups is 2. The van der Waals surface area contributed by atoms with Gasteiger partial charge in [0, 0.05) is 44.4 Å². The summed E-state index contributed by atoms with van der Waals surface area (Å²) < 4.78 is 21.2. The first kappa shape index (κ1) is 21.8. The Hall–Kier alpha value is -3.46. The zero-order chi connectivity index (χ0) is 22.5. The van der Waals surface area contributed by atoms with Crippen molar-refractivity contribution in [3.63, 3.8) is 0 Å². The van der Waals surface area contributed by atoms with Crippen LogP contribution in [0.5, 0.6) is 23.0 Å². The van der Waals surface area contributed by atoms with E-state index in [-0.39, 0.29) is 25.2 Å². The highest BCUT2D eigenvalue weighted by molar-refractivity contribution is 5.97. The summed E-state index contributed by atoms with van der Waals surface area (Å²) in [6, 6.07) is 10.9. The molecule has 0 spiro atoms. The van der Waals surface area contributed by atoms with E-state index >= 15 is 0 Å². The summed E-state index contributed by atoms with van der Waals surface area (Å²) in [7, 11) is 3.04. The third-order valence-corrected chi connectivity index (χ3v) is 5.58. The van der Waals surface area contributed by atoms with Crippen LogP contribution in [0.3, 0.4) is 0 Å². The van der Waals surface area contributed by atoms with E-state index in [9.17, 15) is 9.59 Å². The van der Waals surface area contributed by atoms with Gasteiger partial charge >= 0.3 is 0 Å². The molecule has 9 heteroatoms. The maximum Gasteiger partial charge on any atom is 0.251 e. The number of benzene rings is 2. The van der Waals surface area contributed by atoms with Gasteiger partial charge in [-0.15, -0.1) is 0 Å². The molecule has 4 rings (SSSR count). The Labute approximate surface area is 186 Å². The molecular weight excluding hydrogens is 414 g/mol. The maximum absolute atomic E-state index is 12.6. The molecule has 0 atom stereocenters. The maximum atomic E-state index is 12.6. The number of carbonyl (C=O) groups excluding carboxylic acids is 2. The zero-order valence-electron chi connectivity index (χ0n) is 18.3. The fourth-order valence-corrected chi connectivity index (χ4v) is 3.76. The lowest BCUT2D eigenvalue weighted by atomic mass is 10.1. The lowest BCUT2D eigenvalue weighted by molar-refractivity contribution is -0.131. The zero-order valence-corrected chi connectivity index (χ0v) is 18.3. The molecule has 0 aromatic heterocycles. The molecule has 0 unspecified atom stereocenters. The molecule has 32 heavy (non-hydrogen) atoms. The van der Waals surface area contributed by atoms with Crippen molar-refractivity contribution in [1.82, 2.24) is 15.1 Å². The van der Waals surface area contributed by atoms with Crippen molar-refractivity contribution in [2.24, 2.45) is 0 Å². The first-order chi connectivity index (χ1) is 15.6. The quantitative estimate of drug-likeness (QED) is 0.697. The van der Waals surface area contributed by atoms with Gasteiger partial charge in [-0.2, -0.15) is 0 Å². The molecule has 2 aliphatic rings. The third kappa shape index (κ3) is 5.05. The van der Waals surface area contributed by atoms with Gasteiger partial charge in [-0.05, 0) is 29.8 Å². The molecule has 9 nitrogen and oxygen atoms in total. The number of fused-ring (bicyclic) bond motifs is 1. The first-order valence-electron chi connectivity index (χ1n) is 10.5. The molecule has 1 fully saturated rings. The minimum absolute atomic E-state index is 0.0550. The predicted molar refractivity (Wildman–Crippen MR) is 116 cm³/mol. The van der Waals surface area contributed by atoms with Crippen molar-refractivity contribution in [1.29, 1.82) is 0 Å². The van der Waals surface area contributed by atoms with Gasteiger partial charge in [-0.1, -0.05) is 6.07 Å². The van der Waals surface area contributed by atoms with Crippen LogP contribution in [0.2, 0.25) is 0 Å². The molecule has 2 aliphatic heterocycles. The summed E-state index contributed by atoms with van der Waals surface area (Å²) in [5.74, 6) is 2.13. The average molecular weight is 441 g/mol. The number of piperazine rings is 1. The Morgan fingerprint density at radius 2 is 1.62 bits per heavy atom. The Balaban J connectivity index is 1.24. The Kier molecular flexibility index (Phi) is 6.65. The largest absolute Gasteiger partial charge is 0.497 e. The lowest BCUT2D eigenvalue weighted by Gasteiger charge is -2.34. The minimum Gasteiger partial charge on any atom is -0.497 e. The van der Waals surface area contributed by atoms with Crippen molar-refractivity contribution in [2.45, 2.75) is 6.54 Å². The lowest BCUT2D eigenvalue weighted by Crippen LogP contribution is -2.50. The number of ether oxygens (including phenoxy) is 4. The van der Waals surface area contributed by atoms with E-state index in [1.807, 2.05) is 18.2 Å². The fraction of sp³-hybridized carbons (Fsp3) is 0.391. The highest BCUT2D eigenvalue weighted by Crippen LogP contribution is 2.32. The van der Waals surface area contributed by atoms with Gasteiger partial charge in [-0.25, -0.2) is 0 Å². The summed E-state index contributed by atoms with van der Waals surface area (Å²) in [4.78, 5) is 29.1. The van der Waals surface area contributed by atoms with Crippen LogP contribution in [0.15, 0.2) is 36.4 Å². The standard InChI is InChI=1S/C23H27N3O6/c1-29-18-10-17(11-19(12-18)30-2)23(28)24-13-22(27)26-7-5-25(6-8-26)14-16-3-4-20-21(9-16)32-15-31-20/h3-4,9-12H,5-8,13-15H2,1-2H3,(H,24,28). The number of rotatable bonds is 7. The molecule has 2 aromatic carbocycles. The van der Waals surface area contributed by atoms with E-state index in [4.69, 9.17) is 18.9 Å². The summed E-state index contributed by atoms with van der Waals surface area (Å²) in [5.41, 5.74) is 1.53. The molecular formula is C23H27N3O6. The van der Waals surface area contributed by atoms with Crippen molar-refractivity contribution in [3.05, 3.63) is 47.5 Å². The van der Waals surface area contributed by atoms with Crippen molar-refractivity contribution < 1.29 is 28.5 Å². The predicted octanol–water partition coefficient (Wildman–Crippen LogP) is 1.51. The summed E-state index contributed by atoms with van der Waals surface area (Å²) in [6.45, 7) is 3.76. The number of nitrogens with zero attached hydrogens (tertiary/aromatic N) is 2. The van der Waals surface area contributed by atoms with Gasteiger partial charge in [0.25, 0.3) is 5.91 Å². The number of hydrogen-bond donors (Lipinski definition) is 1. The molecule has 0 saturated carbocycles. The van der Waals surface area contributed by atoms with Gasteiger partial charge in [0.15, 0.2) is 11.5 Å². The van der Waals surface area contributed by atoms with Crippen LogP contribution < -0.4 is 24.3 Å². The second-order valence-electron chi connectivity index (χ2n) is 7.63. The van der Waals surface area contributed by atoms with Crippen LogP contribution in [0.4, 0.5) is 0 Å². The topological polar surface area (TPSA) is 89.6 Å². The SMILES string of the molecule is COc1cc(OC)cc(C(=O)NCC(=O)N2CCN(Cc3ccc4c(c3)OCO4)CC2)c1. The molecule has 0 radical (unpaired) electrons. The summed E-state index contributed by atoms with van der Waals surface area (Å²) in [6.07, 6.45) is 0. The number of nitrogens with one attached hydrogen (secondary N) is 1. The van der Waals surface area contributed by atoms with Crippen LogP contribution in [0.25, 0.3) is 0 Å². The monoisotopic (exact) mass is 441 g/mol. The Morgan fingerprint density at radius 3 is 2.31 bits per heavy atom. The van der Waals surface area contributed by atoms with E-state index in [0.29, 0.717) is 30.2 Å². The van der Waals surface area contributed by atoms with Crippen molar-refractivity contribution in [2.75, 3.05) is 53.7 Å². The van der Waals surface area contributed by atoms with Gasteiger partial charge in [0.2, 0.25) is 12.7 Å². The minimum atomic E-state index is -0.350. The highest BCUT2D eigenvalue weighted by Gasteiger charge is 2.22. The van der Waals surface area contributed by atoms with Crippen LogP contribution in [0, 0.1) is 0 Å². The van der Waals surface area contributed by atoms with Crippen molar-refractivity contribution in [3.8, 4) is 23.0 Å². The molecule has 1 N–H and O–H groups in total. The molecule has 0 aliphatic carbocycles. The normalized spacial score (nSPS) is 15.4. The van der Waals surface area contributed by atoms with Gasteiger partial charge in [0.1, 0.15) is 11.5 Å². The van der Waals surface area contributed by atoms with Crippen molar-refractivity contribution >= 4 is 11.8 Å². The van der Waals surface area contributed by atoms with Gasteiger partial charge < -0.3 is 29.2 Å². The Bertz CT molecular complexity index is 965. The smallest absolute Gasteiger partial charge is 0.251 e. The molecule has 0 bridgehead atoms. The van der Waals surface area contributed by atoms with E-state index in [0.717, 1.165) is 36.7 Å². The van der Waals surface area contributed by atoms with Gasteiger partial charge in [0.05, 0.1) is 20.8 Å². The first-order valence-corrected chi connectivity index (χ1v) is 10.5. The average Bonchev–Trinajstić information content (AvgIpc) is 3.30. The Morgan fingerprint density at radius 1 is 0.938 bits per heavy atom. The molecule has 2 aromatic rings. The summed E-state index contributed by atoms with van der Waals surface area (Å²) >= 11 is 0. The highest BCUT2D eigenvalue weighted by atomic mass is 16.7. The number of hydrogen-bond acceptors (Lipinski definition) is 7. The molecule has 170 valence electrons. The van der Waals surface area contributed by atoms with Crippen LogP contribution in [-0.4, -0.2) is 75.4 Å². The molecule has 2 heterocycles. The van der Waals surface area contributed by atoms with Crippen LogP contribution >= 0.6 is 0 Å². The van der Waals surface area contributed by atoms with E-state index in [1.165, 1.54) is 14.2 Å². The third-order valence-electron chi connectivity index (χ3n) is 5.58. The van der Waals surface area contributed by atoms with Gasteiger partial charge in [-0.3, -0.25) is 14.5 Å². The molecule has 1 saturated heterocycles. The van der Waals surface area contributed by atoms with E-state index in [1.54, 1.807) is 23.1 Å². The van der Waals surface area contributed by atoms with Crippen LogP contribution in [0.1, 0.15) is 15.9 Å². The fourth-order valence-electron chi connectivity index (χ4n) is 3.76.